The maximum atomic E-state index is 12.3. The summed E-state index contributed by atoms with van der Waals surface area (Å²) in [6.07, 6.45) is 1.79. The van der Waals surface area contributed by atoms with Gasteiger partial charge in [-0.3, -0.25) is 14.9 Å². The van der Waals surface area contributed by atoms with Gasteiger partial charge >= 0.3 is 5.97 Å². The predicted molar refractivity (Wildman–Crippen MR) is 94.0 cm³/mol. The van der Waals surface area contributed by atoms with Crippen LogP contribution >= 0.6 is 0 Å². The maximum absolute atomic E-state index is 12.3. The lowest BCUT2D eigenvalue weighted by molar-refractivity contribution is -0.384. The monoisotopic (exact) mass is 353 g/mol. The highest BCUT2D eigenvalue weighted by Crippen LogP contribution is 2.19. The zero-order chi connectivity index (χ0) is 18.7. The molecule has 2 aromatic carbocycles. The fourth-order valence-corrected chi connectivity index (χ4v) is 2.72. The van der Waals surface area contributed by atoms with Gasteiger partial charge in [-0.15, -0.1) is 0 Å². The number of nitro groups is 1. The molecule has 3 N–H and O–H groups in total. The molecule has 3 rings (SSSR count). The van der Waals surface area contributed by atoms with Crippen LogP contribution in [0.3, 0.4) is 0 Å². The molecule has 0 aliphatic heterocycles. The first-order valence-electron chi connectivity index (χ1n) is 7.79. The number of H-pyrrole nitrogens is 1. The van der Waals surface area contributed by atoms with E-state index in [1.807, 2.05) is 24.3 Å². The fourth-order valence-electron chi connectivity index (χ4n) is 2.72. The van der Waals surface area contributed by atoms with E-state index in [-0.39, 0.29) is 17.7 Å². The number of aromatic nitrogens is 1. The number of nitrogens with one attached hydrogen (secondary N) is 2. The van der Waals surface area contributed by atoms with E-state index in [0.29, 0.717) is 0 Å². The van der Waals surface area contributed by atoms with Crippen LogP contribution < -0.4 is 5.32 Å². The third kappa shape index (κ3) is 3.54. The molecule has 0 bridgehead atoms. The number of benzene rings is 2. The lowest BCUT2D eigenvalue weighted by Gasteiger charge is -2.14. The molecule has 1 heterocycles. The number of rotatable bonds is 6. The van der Waals surface area contributed by atoms with E-state index in [1.54, 1.807) is 6.20 Å². The topological polar surface area (TPSA) is 125 Å². The first kappa shape index (κ1) is 17.2. The molecule has 0 aliphatic rings. The Kier molecular flexibility index (Phi) is 4.66. The smallest absolute Gasteiger partial charge is 0.326 e. The van der Waals surface area contributed by atoms with Crippen LogP contribution in [-0.4, -0.2) is 32.9 Å². The lowest BCUT2D eigenvalue weighted by atomic mass is 10.0. The summed E-state index contributed by atoms with van der Waals surface area (Å²) >= 11 is 0. The molecule has 132 valence electrons. The molecule has 1 unspecified atom stereocenters. The van der Waals surface area contributed by atoms with Crippen LogP contribution in [0.5, 0.6) is 0 Å². The number of non-ortho nitro benzene ring substituents is 1. The van der Waals surface area contributed by atoms with E-state index in [4.69, 9.17) is 0 Å². The average molecular weight is 353 g/mol. The Hall–Kier alpha value is -3.68. The summed E-state index contributed by atoms with van der Waals surface area (Å²) in [4.78, 5) is 37.2. The molecule has 1 atom stereocenters. The van der Waals surface area contributed by atoms with Crippen LogP contribution in [0.25, 0.3) is 10.9 Å². The fraction of sp³-hybridized carbons (Fsp3) is 0.111. The molecule has 1 amide bonds. The van der Waals surface area contributed by atoms with E-state index in [2.05, 4.69) is 10.3 Å². The van der Waals surface area contributed by atoms with E-state index in [1.165, 1.54) is 18.2 Å². The Morgan fingerprint density at radius 2 is 1.96 bits per heavy atom. The third-order valence-electron chi connectivity index (χ3n) is 4.02. The molecule has 0 aliphatic carbocycles. The highest BCUT2D eigenvalue weighted by Gasteiger charge is 2.23. The maximum Gasteiger partial charge on any atom is 0.326 e. The van der Waals surface area contributed by atoms with Crippen LogP contribution in [0.15, 0.2) is 54.7 Å². The highest BCUT2D eigenvalue weighted by molar-refractivity contribution is 5.97. The van der Waals surface area contributed by atoms with Crippen LogP contribution in [0.1, 0.15) is 15.9 Å². The zero-order valence-electron chi connectivity index (χ0n) is 13.5. The Bertz CT molecular complexity index is 995. The lowest BCUT2D eigenvalue weighted by Crippen LogP contribution is -2.42. The van der Waals surface area contributed by atoms with Gasteiger partial charge in [0.2, 0.25) is 0 Å². The number of amides is 1. The van der Waals surface area contributed by atoms with Gasteiger partial charge in [0.05, 0.1) is 4.92 Å². The second-order valence-corrected chi connectivity index (χ2v) is 5.74. The number of nitro benzene ring substituents is 1. The second kappa shape index (κ2) is 7.06. The molecule has 0 saturated carbocycles. The summed E-state index contributed by atoms with van der Waals surface area (Å²) in [6, 6.07) is 11.4. The molecule has 26 heavy (non-hydrogen) atoms. The van der Waals surface area contributed by atoms with Gasteiger partial charge in [0.1, 0.15) is 6.04 Å². The van der Waals surface area contributed by atoms with Gasteiger partial charge in [0.15, 0.2) is 0 Å². The van der Waals surface area contributed by atoms with Crippen molar-refractivity contribution in [1.29, 1.82) is 0 Å². The normalized spacial score (nSPS) is 11.8. The van der Waals surface area contributed by atoms with Crippen molar-refractivity contribution in [1.82, 2.24) is 10.3 Å². The quantitative estimate of drug-likeness (QED) is 0.464. The molecular weight excluding hydrogens is 338 g/mol. The first-order chi connectivity index (χ1) is 12.5. The number of carboxylic acids is 1. The van der Waals surface area contributed by atoms with Crippen LogP contribution in [0, 0.1) is 10.1 Å². The van der Waals surface area contributed by atoms with Gasteiger partial charge in [-0.05, 0) is 17.7 Å². The average Bonchev–Trinajstić information content (AvgIpc) is 3.04. The number of carbonyl (C=O) groups is 2. The molecular formula is C18H15N3O5. The first-order valence-corrected chi connectivity index (χ1v) is 7.79. The summed E-state index contributed by atoms with van der Waals surface area (Å²) in [6.45, 7) is 0. The number of nitrogens with zero attached hydrogens (tertiary/aromatic N) is 1. The number of aliphatic carboxylic acids is 1. The Morgan fingerprint density at radius 3 is 2.69 bits per heavy atom. The molecule has 8 heteroatoms. The summed E-state index contributed by atoms with van der Waals surface area (Å²) < 4.78 is 0. The van der Waals surface area contributed by atoms with Gasteiger partial charge in [-0.1, -0.05) is 24.3 Å². The number of carbonyl (C=O) groups excluding carboxylic acids is 1. The predicted octanol–water partition coefficient (Wildman–Crippen LogP) is 2.50. The summed E-state index contributed by atoms with van der Waals surface area (Å²) in [5, 5.41) is 23.6. The van der Waals surface area contributed by atoms with Gasteiger partial charge in [-0.2, -0.15) is 0 Å². The van der Waals surface area contributed by atoms with Crippen molar-refractivity contribution < 1.29 is 19.6 Å². The minimum atomic E-state index is -1.19. The zero-order valence-corrected chi connectivity index (χ0v) is 13.5. The van der Waals surface area contributed by atoms with Crippen LogP contribution in [0.4, 0.5) is 5.69 Å². The van der Waals surface area contributed by atoms with Crippen molar-refractivity contribution in [3.05, 3.63) is 76.0 Å². The Morgan fingerprint density at radius 1 is 1.19 bits per heavy atom. The van der Waals surface area contributed by atoms with Crippen molar-refractivity contribution >= 4 is 28.5 Å². The molecule has 3 aromatic rings. The second-order valence-electron chi connectivity index (χ2n) is 5.74. The van der Waals surface area contributed by atoms with Crippen LogP contribution in [0.2, 0.25) is 0 Å². The highest BCUT2D eigenvalue weighted by atomic mass is 16.6. The third-order valence-corrected chi connectivity index (χ3v) is 4.02. The minimum Gasteiger partial charge on any atom is -0.480 e. The molecule has 1 aromatic heterocycles. The van der Waals surface area contributed by atoms with E-state index in [9.17, 15) is 24.8 Å². The molecule has 0 saturated heterocycles. The van der Waals surface area contributed by atoms with Crippen molar-refractivity contribution in [3.8, 4) is 0 Å². The molecule has 0 spiro atoms. The van der Waals surface area contributed by atoms with Gasteiger partial charge < -0.3 is 15.4 Å². The number of hydrogen-bond acceptors (Lipinski definition) is 4. The summed E-state index contributed by atoms with van der Waals surface area (Å²) in [5.41, 5.74) is 1.43. The SMILES string of the molecule is O=C(NC(Cc1c[nH]c2ccccc12)C(=O)O)c1cccc([N+](=O)[O-])c1. The number of fused-ring (bicyclic) bond motifs is 1. The number of para-hydroxylation sites is 1. The standard InChI is InChI=1S/C18H15N3O5/c22-17(11-4-3-5-13(8-11)21(25)26)20-16(18(23)24)9-12-10-19-15-7-2-1-6-14(12)15/h1-8,10,16,19H,9H2,(H,20,22)(H,23,24). The van der Waals surface area contributed by atoms with Gasteiger partial charge in [0, 0.05) is 41.2 Å². The van der Waals surface area contributed by atoms with Crippen molar-refractivity contribution in [2.24, 2.45) is 0 Å². The van der Waals surface area contributed by atoms with E-state index >= 15 is 0 Å². The van der Waals surface area contributed by atoms with Crippen LogP contribution in [-0.2, 0) is 11.2 Å². The summed E-state index contributed by atoms with van der Waals surface area (Å²) in [5.74, 6) is -1.87. The Balaban J connectivity index is 1.80. The summed E-state index contributed by atoms with van der Waals surface area (Å²) in [7, 11) is 0. The largest absolute Gasteiger partial charge is 0.480 e. The molecule has 0 radical (unpaired) electrons. The van der Waals surface area contributed by atoms with Crippen molar-refractivity contribution in [2.45, 2.75) is 12.5 Å². The van der Waals surface area contributed by atoms with E-state index < -0.39 is 22.8 Å². The minimum absolute atomic E-state index is 0.0318. The number of carboxylic acid groups (broad SMARTS) is 1. The molecule has 8 nitrogen and oxygen atoms in total. The van der Waals surface area contributed by atoms with Gasteiger partial charge in [-0.25, -0.2) is 4.79 Å². The van der Waals surface area contributed by atoms with Crippen molar-refractivity contribution in [2.75, 3.05) is 0 Å². The molecule has 0 fully saturated rings. The number of aromatic amines is 1. The van der Waals surface area contributed by atoms with Gasteiger partial charge in [0.25, 0.3) is 11.6 Å². The Labute approximate surface area is 147 Å². The van der Waals surface area contributed by atoms with E-state index in [0.717, 1.165) is 22.5 Å². The number of hydrogen-bond donors (Lipinski definition) is 3. The van der Waals surface area contributed by atoms with Crippen molar-refractivity contribution in [3.63, 3.8) is 0 Å².